The van der Waals surface area contributed by atoms with Gasteiger partial charge in [-0.1, -0.05) is 27.7 Å². The molecule has 41 heavy (non-hydrogen) atoms. The molecule has 4 aliphatic rings. The molecule has 7 atom stereocenters. The summed E-state index contributed by atoms with van der Waals surface area (Å²) in [5.41, 5.74) is -0.874. The second-order valence-corrected chi connectivity index (χ2v) is 13.2. The zero-order valence-corrected chi connectivity index (χ0v) is 24.1. The molecule has 1 spiro atoms. The van der Waals surface area contributed by atoms with Gasteiger partial charge in [-0.15, -0.1) is 0 Å². The molecule has 1 amide bonds. The van der Waals surface area contributed by atoms with Crippen molar-refractivity contribution in [2.24, 2.45) is 22.7 Å². The van der Waals surface area contributed by atoms with Crippen LogP contribution in [-0.2, 0) is 32.1 Å². The van der Waals surface area contributed by atoms with Crippen LogP contribution in [0.15, 0.2) is 6.07 Å². The van der Waals surface area contributed by atoms with Gasteiger partial charge in [-0.05, 0) is 43.6 Å². The molecule has 1 aromatic carbocycles. The van der Waals surface area contributed by atoms with Gasteiger partial charge in [0.1, 0.15) is 29.2 Å². The first-order chi connectivity index (χ1) is 19.0. The number of benzene rings is 1. The Morgan fingerprint density at radius 3 is 2.46 bits per heavy atom. The second kappa shape index (κ2) is 9.61. The lowest BCUT2D eigenvalue weighted by Gasteiger charge is -2.65. The Morgan fingerprint density at radius 1 is 1.17 bits per heavy atom. The van der Waals surface area contributed by atoms with Crippen molar-refractivity contribution < 1.29 is 49.1 Å². The summed E-state index contributed by atoms with van der Waals surface area (Å²) >= 11 is 0. The molecule has 0 bridgehead atoms. The van der Waals surface area contributed by atoms with E-state index in [9.17, 15) is 34.5 Å². The monoisotopic (exact) mass is 573 g/mol. The molecule has 11 heteroatoms. The Hall–Kier alpha value is -3.34. The van der Waals surface area contributed by atoms with Gasteiger partial charge in [-0.3, -0.25) is 14.4 Å². The number of nitrogens with zero attached hydrogens (tertiary/aromatic N) is 1. The molecule has 2 heterocycles. The zero-order chi connectivity index (χ0) is 30.2. The van der Waals surface area contributed by atoms with Gasteiger partial charge in [0, 0.05) is 41.7 Å². The van der Waals surface area contributed by atoms with E-state index in [4.69, 9.17) is 14.6 Å². The molecule has 0 unspecified atom stereocenters. The Morgan fingerprint density at radius 2 is 1.85 bits per heavy atom. The number of carbonyl (C=O) groups is 4. The van der Waals surface area contributed by atoms with E-state index in [0.717, 1.165) is 17.7 Å². The number of hydrogen-bond donors (Lipinski definition) is 4. The molecule has 4 N–H and O–H groups in total. The molecule has 1 aromatic rings. The summed E-state index contributed by atoms with van der Waals surface area (Å²) < 4.78 is 12.6. The van der Waals surface area contributed by atoms with Crippen molar-refractivity contribution >= 4 is 23.8 Å². The zero-order valence-electron chi connectivity index (χ0n) is 24.1. The number of esters is 1. The number of carboxylic acid groups (broad SMARTS) is 2. The number of aliphatic hydroxyl groups is 1. The molecule has 2 aliphatic heterocycles. The molecule has 2 aliphatic carbocycles. The summed E-state index contributed by atoms with van der Waals surface area (Å²) in [5.74, 6) is -3.26. The van der Waals surface area contributed by atoms with Gasteiger partial charge in [0.2, 0.25) is 0 Å². The molecule has 0 radical (unpaired) electrons. The van der Waals surface area contributed by atoms with Gasteiger partial charge in [-0.2, -0.15) is 0 Å². The Labute approximate surface area is 238 Å². The largest absolute Gasteiger partial charge is 0.508 e. The lowest BCUT2D eigenvalue weighted by molar-refractivity contribution is -0.246. The van der Waals surface area contributed by atoms with Gasteiger partial charge in [0.05, 0.1) is 18.2 Å². The van der Waals surface area contributed by atoms with Crippen LogP contribution in [0, 0.1) is 22.7 Å². The fourth-order valence-corrected chi connectivity index (χ4v) is 8.75. The normalized spacial score (nSPS) is 33.9. The first-order valence-corrected chi connectivity index (χ1v) is 14.2. The molecule has 2 fully saturated rings. The van der Waals surface area contributed by atoms with Crippen LogP contribution in [0.2, 0.25) is 0 Å². The third-order valence-electron chi connectivity index (χ3n) is 10.6. The van der Waals surface area contributed by atoms with Crippen molar-refractivity contribution in [3.63, 3.8) is 0 Å². The maximum Gasteiger partial charge on any atom is 0.326 e. The van der Waals surface area contributed by atoms with Crippen molar-refractivity contribution in [3.05, 3.63) is 22.8 Å². The lowest BCUT2D eigenvalue weighted by atomic mass is 9.43. The standard InChI is InChI=1S/C30H39NO10/c1-14-6-8-22-28(3,4)25(40-15(2)32)21(34)12-29(22,5)30(14)11-17-20(33)10-16-18(24(17)41-30)13-31(26(16)37)19(27(38)39)7-9-23(35)36/h10,14,19,21-22,25,33-34H,6-9,11-13H2,1-5H3,(H,35,36)(H,38,39)/t14-,19+,21+,22-,25-,29+,30-/m1/s1. The highest BCUT2D eigenvalue weighted by Gasteiger charge is 2.69. The highest BCUT2D eigenvalue weighted by atomic mass is 16.6. The highest BCUT2D eigenvalue weighted by molar-refractivity contribution is 6.02. The molecular formula is C30H39NO10. The fourth-order valence-electron chi connectivity index (χ4n) is 8.75. The predicted molar refractivity (Wildman–Crippen MR) is 143 cm³/mol. The first-order valence-electron chi connectivity index (χ1n) is 14.2. The van der Waals surface area contributed by atoms with Crippen LogP contribution < -0.4 is 4.74 Å². The quantitative estimate of drug-likeness (QED) is 0.371. The number of phenolic OH excluding ortho intramolecular Hbond substituents is 1. The number of aliphatic hydroxyl groups excluding tert-OH is 1. The van der Waals surface area contributed by atoms with Gasteiger partial charge in [0.25, 0.3) is 5.91 Å². The topological polar surface area (TPSA) is 171 Å². The number of aromatic hydroxyl groups is 1. The molecule has 0 aromatic heterocycles. The molecule has 2 saturated carbocycles. The van der Waals surface area contributed by atoms with Crippen LogP contribution in [0.1, 0.15) is 88.2 Å². The van der Waals surface area contributed by atoms with Crippen LogP contribution in [-0.4, -0.2) is 73.0 Å². The van der Waals surface area contributed by atoms with E-state index in [2.05, 4.69) is 13.8 Å². The van der Waals surface area contributed by atoms with E-state index in [0.29, 0.717) is 29.7 Å². The van der Waals surface area contributed by atoms with Gasteiger partial charge >= 0.3 is 17.9 Å². The van der Waals surface area contributed by atoms with E-state index in [-0.39, 0.29) is 36.1 Å². The average Bonchev–Trinajstić information content (AvgIpc) is 3.41. The number of carboxylic acids is 2. The third kappa shape index (κ3) is 4.18. The minimum Gasteiger partial charge on any atom is -0.508 e. The summed E-state index contributed by atoms with van der Waals surface area (Å²) in [6.07, 6.45) is -0.0166. The molecular weight excluding hydrogens is 534 g/mol. The average molecular weight is 574 g/mol. The molecule has 0 saturated heterocycles. The predicted octanol–water partition coefficient (Wildman–Crippen LogP) is 3.11. The van der Waals surface area contributed by atoms with E-state index in [1.807, 2.05) is 13.8 Å². The number of phenols is 1. The van der Waals surface area contributed by atoms with E-state index < -0.39 is 64.9 Å². The van der Waals surface area contributed by atoms with Crippen molar-refractivity contribution in [1.29, 1.82) is 0 Å². The number of rotatable bonds is 6. The van der Waals surface area contributed by atoms with E-state index in [1.54, 1.807) is 0 Å². The fraction of sp³-hybridized carbons (Fsp3) is 0.667. The summed E-state index contributed by atoms with van der Waals surface area (Å²) in [7, 11) is 0. The van der Waals surface area contributed by atoms with Gasteiger partial charge in [0.15, 0.2) is 0 Å². The Balaban J connectivity index is 1.55. The number of amides is 1. The smallest absolute Gasteiger partial charge is 0.326 e. The van der Waals surface area contributed by atoms with Crippen LogP contribution >= 0.6 is 0 Å². The summed E-state index contributed by atoms with van der Waals surface area (Å²) in [4.78, 5) is 49.6. The van der Waals surface area contributed by atoms with E-state index in [1.165, 1.54) is 13.0 Å². The SMILES string of the molecule is CC(=O)O[C@@H]1[C@@H](O)C[C@@]2(C)[C@H](CC[C@@H](C)[C@]23Cc2c(O)cc4c(c2O3)CN([C@@H](CCC(=O)O)C(=O)O)C4=O)C1(C)C. The number of fused-ring (bicyclic) bond motifs is 5. The van der Waals surface area contributed by atoms with Crippen molar-refractivity contribution in [2.45, 2.75) is 104 Å². The maximum absolute atomic E-state index is 13.4. The number of ether oxygens (including phenoxy) is 2. The van der Waals surface area contributed by atoms with Crippen molar-refractivity contribution in [2.75, 3.05) is 0 Å². The molecule has 5 rings (SSSR count). The van der Waals surface area contributed by atoms with Gasteiger partial charge < -0.3 is 34.8 Å². The molecule has 224 valence electrons. The van der Waals surface area contributed by atoms with Crippen LogP contribution in [0.3, 0.4) is 0 Å². The molecule has 11 nitrogen and oxygen atoms in total. The lowest BCUT2D eigenvalue weighted by Crippen LogP contribution is -2.69. The van der Waals surface area contributed by atoms with Crippen LogP contribution in [0.25, 0.3) is 0 Å². The van der Waals surface area contributed by atoms with Crippen LogP contribution in [0.5, 0.6) is 11.5 Å². The second-order valence-electron chi connectivity index (χ2n) is 13.2. The number of carbonyl (C=O) groups excluding carboxylic acids is 2. The first kappa shape index (κ1) is 29.2. The summed E-state index contributed by atoms with van der Waals surface area (Å²) in [6, 6.07) is 0.0146. The van der Waals surface area contributed by atoms with Gasteiger partial charge in [-0.25, -0.2) is 4.79 Å². The van der Waals surface area contributed by atoms with Crippen LogP contribution in [0.4, 0.5) is 0 Å². The third-order valence-corrected chi connectivity index (χ3v) is 10.6. The minimum absolute atomic E-state index is 0.00556. The highest BCUT2D eigenvalue weighted by Crippen LogP contribution is 2.67. The number of hydrogen-bond acceptors (Lipinski definition) is 8. The van der Waals surface area contributed by atoms with Crippen molar-refractivity contribution in [3.8, 4) is 11.5 Å². The summed E-state index contributed by atoms with van der Waals surface area (Å²) in [5, 5.41) is 41.4. The Kier molecular flexibility index (Phi) is 6.83. The minimum atomic E-state index is -1.35. The van der Waals surface area contributed by atoms with E-state index >= 15 is 0 Å². The maximum atomic E-state index is 13.4. The van der Waals surface area contributed by atoms with Crippen molar-refractivity contribution in [1.82, 2.24) is 4.90 Å². The number of aliphatic carboxylic acids is 2. The Bertz CT molecular complexity index is 1320. The summed E-state index contributed by atoms with van der Waals surface area (Å²) in [6.45, 7) is 9.45.